The van der Waals surface area contributed by atoms with Crippen LogP contribution in [0.5, 0.6) is 0 Å². The molecular weight excluding hydrogens is 252 g/mol. The fraction of sp³-hybridized carbons (Fsp3) is 0.438. The van der Waals surface area contributed by atoms with Crippen molar-refractivity contribution in [2.24, 2.45) is 5.73 Å². The third kappa shape index (κ3) is 3.38. The van der Waals surface area contributed by atoms with E-state index in [0.29, 0.717) is 18.7 Å². The fourth-order valence-electron chi connectivity index (χ4n) is 2.23. The molecule has 1 fully saturated rings. The summed E-state index contributed by atoms with van der Waals surface area (Å²) in [6.07, 6.45) is 3.19. The third-order valence-electron chi connectivity index (χ3n) is 3.75. The average Bonchev–Trinajstić information content (AvgIpc) is 2.45. The van der Waals surface area contributed by atoms with Crippen molar-refractivity contribution >= 4 is 5.91 Å². The number of methoxy groups -OCH3 is 1. The molecule has 0 aromatic heterocycles. The van der Waals surface area contributed by atoms with Crippen molar-refractivity contribution in [3.05, 3.63) is 35.4 Å². The number of carbonyl (C=O) groups is 1. The molecule has 1 aromatic rings. The van der Waals surface area contributed by atoms with Gasteiger partial charge in [-0.15, -0.1) is 0 Å². The number of hydrogen-bond acceptors (Lipinski definition) is 3. The molecule has 0 atom stereocenters. The Hall–Kier alpha value is -1.83. The summed E-state index contributed by atoms with van der Waals surface area (Å²) in [4.78, 5) is 12.0. The van der Waals surface area contributed by atoms with Crippen molar-refractivity contribution in [2.45, 2.75) is 24.9 Å². The minimum absolute atomic E-state index is 0.0772. The van der Waals surface area contributed by atoms with Crippen LogP contribution in [0.2, 0.25) is 0 Å². The molecule has 0 saturated heterocycles. The van der Waals surface area contributed by atoms with E-state index in [1.807, 2.05) is 12.1 Å². The maximum Gasteiger partial charge on any atom is 0.251 e. The quantitative estimate of drug-likeness (QED) is 0.812. The number of nitrogens with two attached hydrogens (primary N) is 1. The maximum atomic E-state index is 12.0. The lowest BCUT2D eigenvalue weighted by atomic mass is 9.80. The van der Waals surface area contributed by atoms with Gasteiger partial charge in [0.05, 0.1) is 12.1 Å². The van der Waals surface area contributed by atoms with E-state index >= 15 is 0 Å². The van der Waals surface area contributed by atoms with Crippen LogP contribution in [0.3, 0.4) is 0 Å². The Bertz CT molecular complexity index is 516. The molecule has 20 heavy (non-hydrogen) atoms. The molecule has 0 radical (unpaired) electrons. The van der Waals surface area contributed by atoms with Gasteiger partial charge in [0.2, 0.25) is 0 Å². The van der Waals surface area contributed by atoms with Gasteiger partial charge in [0.1, 0.15) is 0 Å². The lowest BCUT2D eigenvalue weighted by Crippen LogP contribution is -2.49. The molecule has 1 aliphatic rings. The van der Waals surface area contributed by atoms with E-state index in [4.69, 9.17) is 10.5 Å². The molecule has 0 bridgehead atoms. The Kier molecular flexibility index (Phi) is 4.78. The van der Waals surface area contributed by atoms with Gasteiger partial charge in [-0.2, -0.15) is 0 Å². The van der Waals surface area contributed by atoms with E-state index in [0.717, 1.165) is 24.8 Å². The fourth-order valence-corrected chi connectivity index (χ4v) is 2.23. The second-order valence-corrected chi connectivity index (χ2v) is 5.01. The molecule has 1 aliphatic carbocycles. The van der Waals surface area contributed by atoms with Gasteiger partial charge in [-0.05, 0) is 43.5 Å². The highest BCUT2D eigenvalue weighted by atomic mass is 16.5. The van der Waals surface area contributed by atoms with Crippen LogP contribution in [0.15, 0.2) is 24.3 Å². The van der Waals surface area contributed by atoms with Crippen LogP contribution in [0.1, 0.15) is 35.2 Å². The van der Waals surface area contributed by atoms with Gasteiger partial charge in [-0.1, -0.05) is 11.8 Å². The van der Waals surface area contributed by atoms with Gasteiger partial charge in [-0.3, -0.25) is 4.79 Å². The molecule has 1 saturated carbocycles. The van der Waals surface area contributed by atoms with Gasteiger partial charge in [-0.25, -0.2) is 0 Å². The molecular formula is C16H20N2O2. The Morgan fingerprint density at radius 2 is 2.10 bits per heavy atom. The van der Waals surface area contributed by atoms with Crippen LogP contribution < -0.4 is 11.1 Å². The third-order valence-corrected chi connectivity index (χ3v) is 3.75. The SMILES string of the molecule is COC1(CNC(=O)c2ccc(C#CCN)cc2)CCC1. The predicted molar refractivity (Wildman–Crippen MR) is 78.3 cm³/mol. The lowest BCUT2D eigenvalue weighted by Gasteiger charge is -2.40. The van der Waals surface area contributed by atoms with Crippen LogP contribution in [-0.2, 0) is 4.74 Å². The Morgan fingerprint density at radius 1 is 1.40 bits per heavy atom. The first-order chi connectivity index (χ1) is 9.69. The molecule has 0 unspecified atom stereocenters. The molecule has 1 aromatic carbocycles. The van der Waals surface area contributed by atoms with Crippen molar-refractivity contribution in [3.63, 3.8) is 0 Å². The summed E-state index contributed by atoms with van der Waals surface area (Å²) in [7, 11) is 1.70. The van der Waals surface area contributed by atoms with Crippen molar-refractivity contribution in [2.75, 3.05) is 20.2 Å². The normalized spacial score (nSPS) is 15.7. The molecule has 0 heterocycles. The minimum atomic E-state index is -0.151. The summed E-state index contributed by atoms with van der Waals surface area (Å²) in [6, 6.07) is 7.20. The van der Waals surface area contributed by atoms with E-state index in [1.165, 1.54) is 0 Å². The topological polar surface area (TPSA) is 64.3 Å². The molecule has 106 valence electrons. The van der Waals surface area contributed by atoms with Crippen LogP contribution >= 0.6 is 0 Å². The largest absolute Gasteiger partial charge is 0.376 e. The van der Waals surface area contributed by atoms with Crippen molar-refractivity contribution < 1.29 is 9.53 Å². The summed E-state index contributed by atoms with van der Waals surface area (Å²) >= 11 is 0. The van der Waals surface area contributed by atoms with E-state index in [9.17, 15) is 4.79 Å². The zero-order valence-corrected chi connectivity index (χ0v) is 11.7. The zero-order valence-electron chi connectivity index (χ0n) is 11.7. The predicted octanol–water partition coefficient (Wildman–Crippen LogP) is 1.30. The van der Waals surface area contributed by atoms with Crippen LogP contribution in [0.4, 0.5) is 0 Å². The zero-order chi connectivity index (χ0) is 14.4. The summed E-state index contributed by atoms with van der Waals surface area (Å²) in [5.74, 6) is 5.63. The number of benzene rings is 1. The monoisotopic (exact) mass is 272 g/mol. The van der Waals surface area contributed by atoms with Gasteiger partial charge in [0.25, 0.3) is 5.91 Å². The number of amides is 1. The van der Waals surface area contributed by atoms with Crippen molar-refractivity contribution in [1.82, 2.24) is 5.32 Å². The highest BCUT2D eigenvalue weighted by Gasteiger charge is 2.37. The lowest BCUT2D eigenvalue weighted by molar-refractivity contribution is -0.0679. The first-order valence-corrected chi connectivity index (χ1v) is 6.81. The van der Waals surface area contributed by atoms with Gasteiger partial charge >= 0.3 is 0 Å². The Morgan fingerprint density at radius 3 is 2.60 bits per heavy atom. The molecule has 4 nitrogen and oxygen atoms in total. The number of nitrogens with one attached hydrogen (secondary N) is 1. The highest BCUT2D eigenvalue weighted by molar-refractivity contribution is 5.94. The molecule has 0 spiro atoms. The first kappa shape index (κ1) is 14.6. The number of rotatable bonds is 4. The van der Waals surface area contributed by atoms with E-state index in [1.54, 1.807) is 19.2 Å². The van der Waals surface area contributed by atoms with Gasteiger partial charge in [0.15, 0.2) is 0 Å². The number of ether oxygens (including phenoxy) is 1. The summed E-state index contributed by atoms with van der Waals surface area (Å²) in [5, 5.41) is 2.94. The van der Waals surface area contributed by atoms with Crippen molar-refractivity contribution in [3.8, 4) is 11.8 Å². The standard InChI is InChI=1S/C16H20N2O2/c1-20-16(9-3-10-16)12-18-15(19)14-7-5-13(6-8-14)4-2-11-17/h5-8H,3,9-12,17H2,1H3,(H,18,19). The Labute approximate surface area is 119 Å². The maximum absolute atomic E-state index is 12.0. The molecule has 3 N–H and O–H groups in total. The smallest absolute Gasteiger partial charge is 0.251 e. The van der Waals surface area contributed by atoms with Gasteiger partial charge in [0, 0.05) is 24.8 Å². The van der Waals surface area contributed by atoms with E-state index in [-0.39, 0.29) is 11.5 Å². The van der Waals surface area contributed by atoms with Crippen molar-refractivity contribution in [1.29, 1.82) is 0 Å². The molecule has 2 rings (SSSR count). The second-order valence-electron chi connectivity index (χ2n) is 5.01. The summed E-state index contributed by atoms with van der Waals surface area (Å²) < 4.78 is 5.48. The Balaban J connectivity index is 1.92. The molecule has 4 heteroatoms. The van der Waals surface area contributed by atoms with E-state index < -0.39 is 0 Å². The molecule has 0 aliphatic heterocycles. The number of hydrogen-bond donors (Lipinski definition) is 2. The van der Waals surface area contributed by atoms with E-state index in [2.05, 4.69) is 17.2 Å². The highest BCUT2D eigenvalue weighted by Crippen LogP contribution is 2.34. The number of carbonyl (C=O) groups excluding carboxylic acids is 1. The summed E-state index contributed by atoms with van der Waals surface area (Å²) in [6.45, 7) is 0.901. The van der Waals surface area contributed by atoms with Crippen LogP contribution in [0, 0.1) is 11.8 Å². The minimum Gasteiger partial charge on any atom is -0.376 e. The molecule has 1 amide bonds. The van der Waals surface area contributed by atoms with Crippen LogP contribution in [0.25, 0.3) is 0 Å². The van der Waals surface area contributed by atoms with Gasteiger partial charge < -0.3 is 15.8 Å². The second kappa shape index (κ2) is 6.56. The summed E-state index contributed by atoms with van der Waals surface area (Å²) in [5.41, 5.74) is 6.66. The average molecular weight is 272 g/mol. The van der Waals surface area contributed by atoms with Crippen LogP contribution in [-0.4, -0.2) is 31.7 Å². The first-order valence-electron chi connectivity index (χ1n) is 6.81.